The third-order valence-electron chi connectivity index (χ3n) is 3.09. The molecule has 0 spiro atoms. The molecule has 2 unspecified atom stereocenters. The minimum absolute atomic E-state index is 0.0788. The van der Waals surface area contributed by atoms with Gasteiger partial charge in [-0.15, -0.1) is 0 Å². The largest absolute Gasteiger partial charge is 0.406 e. The molecule has 4 nitrogen and oxygen atoms in total. The van der Waals surface area contributed by atoms with Crippen molar-refractivity contribution in [2.24, 2.45) is 11.7 Å². The summed E-state index contributed by atoms with van der Waals surface area (Å²) in [4.78, 5) is 12.7. The number of rotatable bonds is 6. The monoisotopic (exact) mass is 268 g/mol. The van der Waals surface area contributed by atoms with E-state index in [1.807, 2.05) is 0 Å². The third kappa shape index (κ3) is 4.45. The van der Waals surface area contributed by atoms with E-state index in [1.54, 1.807) is 6.92 Å². The number of halogens is 3. The molecule has 18 heavy (non-hydrogen) atoms. The number of nitrogens with zero attached hydrogens (tertiary/aromatic N) is 1. The number of hydrogen-bond donors (Lipinski definition) is 1. The lowest BCUT2D eigenvalue weighted by Gasteiger charge is -2.32. The van der Waals surface area contributed by atoms with E-state index >= 15 is 0 Å². The van der Waals surface area contributed by atoms with Crippen molar-refractivity contribution in [2.45, 2.75) is 38.0 Å². The van der Waals surface area contributed by atoms with Gasteiger partial charge in [0.15, 0.2) is 0 Å². The first kappa shape index (κ1) is 15.2. The van der Waals surface area contributed by atoms with Crippen LogP contribution in [0.2, 0.25) is 0 Å². The number of ether oxygens (including phenoxy) is 1. The Kier molecular flexibility index (Phi) is 4.98. The number of carbonyl (C=O) groups is 1. The lowest BCUT2D eigenvalue weighted by atomic mass is 10.1. The van der Waals surface area contributed by atoms with Crippen molar-refractivity contribution in [1.82, 2.24) is 4.90 Å². The van der Waals surface area contributed by atoms with Crippen LogP contribution in [-0.4, -0.2) is 49.3 Å². The first-order chi connectivity index (χ1) is 8.26. The van der Waals surface area contributed by atoms with Crippen LogP contribution in [0.5, 0.6) is 0 Å². The maximum atomic E-state index is 12.5. The van der Waals surface area contributed by atoms with Crippen LogP contribution in [0.3, 0.4) is 0 Å². The Balaban J connectivity index is 2.72. The molecular formula is C11H19F3N2O2. The molecule has 106 valence electrons. The molecule has 7 heteroatoms. The van der Waals surface area contributed by atoms with Crippen molar-refractivity contribution in [3.8, 4) is 0 Å². The van der Waals surface area contributed by atoms with Crippen LogP contribution in [-0.2, 0) is 9.53 Å². The molecule has 2 N–H and O–H groups in total. The summed E-state index contributed by atoms with van der Waals surface area (Å²) in [6.45, 7) is 0.312. The van der Waals surface area contributed by atoms with Crippen LogP contribution in [0, 0.1) is 5.92 Å². The van der Waals surface area contributed by atoms with Crippen molar-refractivity contribution in [3.05, 3.63) is 0 Å². The van der Waals surface area contributed by atoms with Gasteiger partial charge in [-0.1, -0.05) is 0 Å². The Morgan fingerprint density at radius 3 is 2.44 bits per heavy atom. The topological polar surface area (TPSA) is 55.6 Å². The summed E-state index contributed by atoms with van der Waals surface area (Å²) in [5.74, 6) is -0.542. The molecule has 1 rings (SSSR count). The molecule has 0 radical (unpaired) electrons. The second-order valence-corrected chi connectivity index (χ2v) is 4.72. The Labute approximate surface area is 104 Å². The Bertz CT molecular complexity index is 293. The molecule has 1 aliphatic carbocycles. The van der Waals surface area contributed by atoms with E-state index < -0.39 is 30.7 Å². The summed E-state index contributed by atoms with van der Waals surface area (Å²) >= 11 is 0. The van der Waals surface area contributed by atoms with Gasteiger partial charge in [0, 0.05) is 13.2 Å². The maximum Gasteiger partial charge on any atom is 0.406 e. The van der Waals surface area contributed by atoms with Crippen molar-refractivity contribution >= 4 is 5.91 Å². The highest BCUT2D eigenvalue weighted by molar-refractivity contribution is 5.82. The van der Waals surface area contributed by atoms with Crippen molar-refractivity contribution in [2.75, 3.05) is 20.3 Å². The fraction of sp³-hybridized carbons (Fsp3) is 0.909. The summed E-state index contributed by atoms with van der Waals surface area (Å²) in [5.41, 5.74) is 5.52. The normalized spacial score (nSPS) is 19.4. The highest BCUT2D eigenvalue weighted by Crippen LogP contribution is 2.36. The van der Waals surface area contributed by atoms with Gasteiger partial charge in [0.2, 0.25) is 5.91 Å². The standard InChI is InChI=1S/C11H19F3N2O2/c1-7(8-3-4-8)16(6-11(12,13)14)10(17)9(15)5-18-2/h7-9H,3-6,15H2,1-2H3. The predicted molar refractivity (Wildman–Crippen MR) is 59.8 cm³/mol. The molecule has 0 heterocycles. The Morgan fingerprint density at radius 2 is 2.06 bits per heavy atom. The zero-order chi connectivity index (χ0) is 13.9. The van der Waals surface area contributed by atoms with Crippen LogP contribution in [0.1, 0.15) is 19.8 Å². The van der Waals surface area contributed by atoms with Crippen molar-refractivity contribution < 1.29 is 22.7 Å². The zero-order valence-corrected chi connectivity index (χ0v) is 10.5. The second kappa shape index (κ2) is 5.88. The number of methoxy groups -OCH3 is 1. The molecule has 1 saturated carbocycles. The molecule has 1 fully saturated rings. The van der Waals surface area contributed by atoms with E-state index in [1.165, 1.54) is 7.11 Å². The third-order valence-corrected chi connectivity index (χ3v) is 3.09. The van der Waals surface area contributed by atoms with Crippen LogP contribution < -0.4 is 5.73 Å². The smallest absolute Gasteiger partial charge is 0.383 e. The molecule has 1 amide bonds. The number of carbonyl (C=O) groups excluding carboxylic acids is 1. The summed E-state index contributed by atoms with van der Waals surface area (Å²) in [5, 5.41) is 0. The van der Waals surface area contributed by atoms with Crippen LogP contribution in [0.15, 0.2) is 0 Å². The number of alkyl halides is 3. The summed E-state index contributed by atoms with van der Waals surface area (Å²) in [6.07, 6.45) is -2.68. The minimum atomic E-state index is -4.41. The minimum Gasteiger partial charge on any atom is -0.383 e. The van der Waals surface area contributed by atoms with Gasteiger partial charge >= 0.3 is 6.18 Å². The fourth-order valence-corrected chi connectivity index (χ4v) is 1.91. The molecule has 1 aliphatic rings. The van der Waals surface area contributed by atoms with Gasteiger partial charge in [-0.05, 0) is 25.7 Å². The average Bonchev–Trinajstić information content (AvgIpc) is 3.06. The molecule has 0 aromatic rings. The summed E-state index contributed by atoms with van der Waals surface area (Å²) in [7, 11) is 1.35. The van der Waals surface area contributed by atoms with Gasteiger partial charge in [0.1, 0.15) is 12.6 Å². The number of amides is 1. The molecule has 0 saturated heterocycles. The fourth-order valence-electron chi connectivity index (χ4n) is 1.91. The van der Waals surface area contributed by atoms with Gasteiger partial charge in [-0.3, -0.25) is 4.79 Å². The van der Waals surface area contributed by atoms with Gasteiger partial charge in [0.05, 0.1) is 6.61 Å². The van der Waals surface area contributed by atoms with E-state index in [2.05, 4.69) is 0 Å². The quantitative estimate of drug-likeness (QED) is 0.786. The first-order valence-corrected chi connectivity index (χ1v) is 5.88. The predicted octanol–water partition coefficient (Wildman–Crippen LogP) is 1.15. The molecule has 2 atom stereocenters. The average molecular weight is 268 g/mol. The van der Waals surface area contributed by atoms with E-state index in [9.17, 15) is 18.0 Å². The maximum absolute atomic E-state index is 12.5. The Hall–Kier alpha value is -0.820. The van der Waals surface area contributed by atoms with E-state index in [-0.39, 0.29) is 12.5 Å². The van der Waals surface area contributed by atoms with Gasteiger partial charge in [-0.25, -0.2) is 0 Å². The second-order valence-electron chi connectivity index (χ2n) is 4.72. The first-order valence-electron chi connectivity index (χ1n) is 5.88. The zero-order valence-electron chi connectivity index (χ0n) is 10.5. The summed E-state index contributed by atoms with van der Waals surface area (Å²) < 4.78 is 42.2. The van der Waals surface area contributed by atoms with Gasteiger partial charge in [-0.2, -0.15) is 13.2 Å². The number of nitrogens with two attached hydrogens (primary N) is 1. The van der Waals surface area contributed by atoms with Crippen molar-refractivity contribution in [1.29, 1.82) is 0 Å². The highest BCUT2D eigenvalue weighted by atomic mass is 19.4. The number of hydrogen-bond acceptors (Lipinski definition) is 3. The molecule has 0 bridgehead atoms. The van der Waals surface area contributed by atoms with Crippen molar-refractivity contribution in [3.63, 3.8) is 0 Å². The SMILES string of the molecule is COCC(N)C(=O)N(CC(F)(F)F)C(C)C1CC1. The van der Waals surface area contributed by atoms with Crippen LogP contribution in [0.4, 0.5) is 13.2 Å². The molecule has 0 aromatic heterocycles. The van der Waals surface area contributed by atoms with E-state index in [4.69, 9.17) is 10.5 Å². The lowest BCUT2D eigenvalue weighted by Crippen LogP contribution is -2.53. The van der Waals surface area contributed by atoms with E-state index in [0.717, 1.165) is 17.7 Å². The summed E-state index contributed by atoms with van der Waals surface area (Å²) in [6, 6.07) is -1.47. The van der Waals surface area contributed by atoms with Gasteiger partial charge < -0.3 is 15.4 Å². The highest BCUT2D eigenvalue weighted by Gasteiger charge is 2.41. The van der Waals surface area contributed by atoms with Gasteiger partial charge in [0.25, 0.3) is 0 Å². The molecular weight excluding hydrogens is 249 g/mol. The lowest BCUT2D eigenvalue weighted by molar-refractivity contribution is -0.167. The Morgan fingerprint density at radius 1 is 1.50 bits per heavy atom. The van der Waals surface area contributed by atoms with Crippen LogP contribution >= 0.6 is 0 Å². The molecule has 0 aliphatic heterocycles. The van der Waals surface area contributed by atoms with Crippen LogP contribution in [0.25, 0.3) is 0 Å². The van der Waals surface area contributed by atoms with E-state index in [0.29, 0.717) is 0 Å². The molecule has 0 aromatic carbocycles.